The Labute approximate surface area is 149 Å². The molecule has 3 aromatic rings. The molecule has 1 N–H and O–H groups in total. The van der Waals surface area contributed by atoms with E-state index in [1.807, 2.05) is 12.1 Å². The van der Waals surface area contributed by atoms with Crippen LogP contribution in [0.5, 0.6) is 5.75 Å². The number of pyridine rings is 1. The summed E-state index contributed by atoms with van der Waals surface area (Å²) < 4.78 is 18.9. The number of nitrogens with zero attached hydrogens (tertiary/aromatic N) is 1. The Morgan fingerprint density at radius 3 is 2.64 bits per heavy atom. The maximum absolute atomic E-state index is 13.6. The number of carbonyl (C=O) groups excluding carboxylic acids is 1. The fraction of sp³-hybridized carbons (Fsp3) is 0.158. The number of methoxy groups -OCH3 is 1. The van der Waals surface area contributed by atoms with Gasteiger partial charge in [-0.1, -0.05) is 23.7 Å². The lowest BCUT2D eigenvalue weighted by molar-refractivity contribution is 0.0946. The second kappa shape index (κ2) is 7.07. The fourth-order valence-corrected chi connectivity index (χ4v) is 2.71. The topological polar surface area (TPSA) is 51.2 Å². The molecule has 0 fully saturated rings. The number of rotatable bonds is 4. The molecule has 0 aliphatic rings. The Kier molecular flexibility index (Phi) is 4.86. The quantitative estimate of drug-likeness (QED) is 0.757. The molecule has 1 heterocycles. The van der Waals surface area contributed by atoms with Crippen LogP contribution in [0.4, 0.5) is 4.39 Å². The number of amides is 1. The van der Waals surface area contributed by atoms with Gasteiger partial charge in [-0.3, -0.25) is 4.79 Å². The van der Waals surface area contributed by atoms with Crippen molar-refractivity contribution in [3.63, 3.8) is 0 Å². The lowest BCUT2D eigenvalue weighted by atomic mass is 10.1. The van der Waals surface area contributed by atoms with Crippen molar-refractivity contribution in [2.75, 3.05) is 7.11 Å². The molecule has 0 unspecified atom stereocenters. The fourth-order valence-electron chi connectivity index (χ4n) is 2.59. The molecular formula is C19H16ClFN2O2. The van der Waals surface area contributed by atoms with E-state index < -0.39 is 0 Å². The van der Waals surface area contributed by atoms with Crippen molar-refractivity contribution in [2.45, 2.75) is 13.5 Å². The molecule has 1 amide bonds. The number of carbonyl (C=O) groups is 1. The number of hydrogen-bond donors (Lipinski definition) is 1. The summed E-state index contributed by atoms with van der Waals surface area (Å²) in [6.07, 6.45) is 0. The summed E-state index contributed by atoms with van der Waals surface area (Å²) in [6.45, 7) is 2.09. The average molecular weight is 359 g/mol. The van der Waals surface area contributed by atoms with E-state index in [9.17, 15) is 9.18 Å². The number of ether oxygens (including phenoxy) is 1. The van der Waals surface area contributed by atoms with Gasteiger partial charge in [0.1, 0.15) is 17.3 Å². The van der Waals surface area contributed by atoms with Crippen molar-refractivity contribution >= 4 is 28.4 Å². The molecule has 4 nitrogen and oxygen atoms in total. The summed E-state index contributed by atoms with van der Waals surface area (Å²) in [7, 11) is 1.48. The van der Waals surface area contributed by atoms with Gasteiger partial charge < -0.3 is 10.1 Å². The minimum absolute atomic E-state index is 0.216. The zero-order valence-electron chi connectivity index (χ0n) is 13.8. The molecule has 128 valence electrons. The van der Waals surface area contributed by atoms with E-state index in [-0.39, 0.29) is 17.4 Å². The van der Waals surface area contributed by atoms with E-state index in [0.29, 0.717) is 33.8 Å². The monoisotopic (exact) mass is 358 g/mol. The first-order valence-electron chi connectivity index (χ1n) is 7.65. The highest BCUT2D eigenvalue weighted by Crippen LogP contribution is 2.28. The van der Waals surface area contributed by atoms with Crippen LogP contribution < -0.4 is 10.1 Å². The van der Waals surface area contributed by atoms with Crippen LogP contribution in [0.3, 0.4) is 0 Å². The van der Waals surface area contributed by atoms with Gasteiger partial charge in [-0.05, 0) is 42.3 Å². The molecule has 0 bridgehead atoms. The number of nitrogens with one attached hydrogen (secondary N) is 1. The third kappa shape index (κ3) is 3.72. The summed E-state index contributed by atoms with van der Waals surface area (Å²) in [5, 5.41) is 3.98. The Morgan fingerprint density at radius 2 is 1.96 bits per heavy atom. The third-order valence-electron chi connectivity index (χ3n) is 3.85. The SMILES string of the molecule is COc1cc(C(=O)NCc2ccc(Cl)cc2)nc2c(C)cc(F)cc12. The van der Waals surface area contributed by atoms with Gasteiger partial charge in [0.15, 0.2) is 0 Å². The van der Waals surface area contributed by atoms with Gasteiger partial charge in [0.05, 0.1) is 12.6 Å². The highest BCUT2D eigenvalue weighted by Gasteiger charge is 2.15. The van der Waals surface area contributed by atoms with Gasteiger partial charge in [-0.25, -0.2) is 9.37 Å². The summed E-state index contributed by atoms with van der Waals surface area (Å²) in [6, 6.07) is 11.4. The minimum atomic E-state index is -0.370. The Bertz CT molecular complexity index is 942. The van der Waals surface area contributed by atoms with Gasteiger partial charge in [-0.2, -0.15) is 0 Å². The van der Waals surface area contributed by atoms with Gasteiger partial charge in [-0.15, -0.1) is 0 Å². The van der Waals surface area contributed by atoms with Crippen molar-refractivity contribution in [2.24, 2.45) is 0 Å². The second-order valence-electron chi connectivity index (χ2n) is 5.64. The first-order valence-corrected chi connectivity index (χ1v) is 8.03. The summed E-state index contributed by atoms with van der Waals surface area (Å²) in [5.74, 6) is -0.298. The van der Waals surface area contributed by atoms with Crippen LogP contribution >= 0.6 is 11.6 Å². The third-order valence-corrected chi connectivity index (χ3v) is 4.10. The molecule has 2 aromatic carbocycles. The highest BCUT2D eigenvalue weighted by molar-refractivity contribution is 6.30. The van der Waals surface area contributed by atoms with Crippen molar-refractivity contribution in [3.05, 3.63) is 70.1 Å². The summed E-state index contributed by atoms with van der Waals surface area (Å²) in [5.41, 5.74) is 2.31. The summed E-state index contributed by atoms with van der Waals surface area (Å²) in [4.78, 5) is 16.8. The molecule has 0 spiro atoms. The molecule has 0 radical (unpaired) electrons. The molecule has 0 saturated heterocycles. The van der Waals surface area contributed by atoms with Gasteiger partial charge in [0.2, 0.25) is 0 Å². The number of aryl methyl sites for hydroxylation is 1. The number of fused-ring (bicyclic) bond motifs is 1. The standard InChI is InChI=1S/C19H16ClFN2O2/c1-11-7-14(21)8-15-17(25-2)9-16(23-18(11)15)19(24)22-10-12-3-5-13(20)6-4-12/h3-9H,10H2,1-2H3,(H,22,24). The Hall–Kier alpha value is -2.66. The Balaban J connectivity index is 1.89. The van der Waals surface area contributed by atoms with E-state index in [2.05, 4.69) is 10.3 Å². The van der Waals surface area contributed by atoms with E-state index in [0.717, 1.165) is 5.56 Å². The van der Waals surface area contributed by atoms with Crippen molar-refractivity contribution in [1.82, 2.24) is 10.3 Å². The van der Waals surface area contributed by atoms with Crippen LogP contribution in [-0.4, -0.2) is 18.0 Å². The van der Waals surface area contributed by atoms with Gasteiger partial charge >= 0.3 is 0 Å². The molecule has 1 aromatic heterocycles. The molecule has 0 saturated carbocycles. The average Bonchev–Trinajstić information content (AvgIpc) is 2.60. The molecule has 0 aliphatic heterocycles. The van der Waals surface area contributed by atoms with E-state index in [1.54, 1.807) is 19.1 Å². The number of benzene rings is 2. The lowest BCUT2D eigenvalue weighted by Gasteiger charge is -2.11. The van der Waals surface area contributed by atoms with Crippen LogP contribution in [0.2, 0.25) is 5.02 Å². The smallest absolute Gasteiger partial charge is 0.270 e. The van der Waals surface area contributed by atoms with Crippen molar-refractivity contribution in [3.8, 4) is 5.75 Å². The zero-order chi connectivity index (χ0) is 18.0. The number of halogens is 2. The minimum Gasteiger partial charge on any atom is -0.496 e. The van der Waals surface area contributed by atoms with Crippen LogP contribution in [0.25, 0.3) is 10.9 Å². The van der Waals surface area contributed by atoms with Gasteiger partial charge in [0, 0.05) is 23.0 Å². The molecule has 3 rings (SSSR count). The van der Waals surface area contributed by atoms with Crippen LogP contribution in [0.1, 0.15) is 21.6 Å². The lowest BCUT2D eigenvalue weighted by Crippen LogP contribution is -2.24. The number of aromatic nitrogens is 1. The maximum Gasteiger partial charge on any atom is 0.270 e. The highest BCUT2D eigenvalue weighted by atomic mass is 35.5. The summed E-state index contributed by atoms with van der Waals surface area (Å²) >= 11 is 5.85. The number of hydrogen-bond acceptors (Lipinski definition) is 3. The van der Waals surface area contributed by atoms with Crippen molar-refractivity contribution < 1.29 is 13.9 Å². The predicted octanol–water partition coefficient (Wildman–Crippen LogP) is 4.27. The van der Waals surface area contributed by atoms with Crippen LogP contribution in [0, 0.1) is 12.7 Å². The normalized spacial score (nSPS) is 10.7. The first-order chi connectivity index (χ1) is 12.0. The zero-order valence-corrected chi connectivity index (χ0v) is 14.5. The Morgan fingerprint density at radius 1 is 1.24 bits per heavy atom. The molecular weight excluding hydrogens is 343 g/mol. The molecule has 6 heteroatoms. The van der Waals surface area contributed by atoms with Gasteiger partial charge in [0.25, 0.3) is 5.91 Å². The first kappa shape index (κ1) is 17.2. The van der Waals surface area contributed by atoms with E-state index in [1.165, 1.54) is 25.3 Å². The predicted molar refractivity (Wildman–Crippen MR) is 95.6 cm³/mol. The largest absolute Gasteiger partial charge is 0.496 e. The van der Waals surface area contributed by atoms with E-state index >= 15 is 0 Å². The second-order valence-corrected chi connectivity index (χ2v) is 6.07. The van der Waals surface area contributed by atoms with Crippen LogP contribution in [-0.2, 0) is 6.54 Å². The molecule has 0 aliphatic carbocycles. The van der Waals surface area contributed by atoms with Crippen molar-refractivity contribution in [1.29, 1.82) is 0 Å². The maximum atomic E-state index is 13.6. The van der Waals surface area contributed by atoms with Crippen LogP contribution in [0.15, 0.2) is 42.5 Å². The molecule has 25 heavy (non-hydrogen) atoms. The van der Waals surface area contributed by atoms with E-state index in [4.69, 9.17) is 16.3 Å². The molecule has 0 atom stereocenters.